The molecule has 0 atom stereocenters. The Kier molecular flexibility index (Phi) is 8.09. The fraction of sp³-hybridized carbons (Fsp3) is 0.273. The smallest absolute Gasteiger partial charge is 0.406 e. The van der Waals surface area contributed by atoms with Crippen molar-refractivity contribution in [3.8, 4) is 17.0 Å². The van der Waals surface area contributed by atoms with Gasteiger partial charge < -0.3 is 20.3 Å². The van der Waals surface area contributed by atoms with Gasteiger partial charge in [0.2, 0.25) is 5.95 Å². The highest BCUT2D eigenvalue weighted by atomic mass is 79.9. The Morgan fingerprint density at radius 3 is 2.55 bits per heavy atom. The minimum absolute atomic E-state index is 0.300. The van der Waals surface area contributed by atoms with Crippen molar-refractivity contribution in [1.29, 1.82) is 0 Å². The number of nitrogens with one attached hydrogen (secondary N) is 2. The first-order valence-electron chi connectivity index (χ1n) is 9.95. The van der Waals surface area contributed by atoms with Crippen molar-refractivity contribution in [3.05, 3.63) is 58.8 Å². The van der Waals surface area contributed by atoms with Gasteiger partial charge in [-0.1, -0.05) is 12.1 Å². The monoisotopic (exact) mass is 527 g/mol. The van der Waals surface area contributed by atoms with Crippen LogP contribution in [0.15, 0.2) is 53.0 Å². The maximum atomic E-state index is 13.4. The van der Waals surface area contributed by atoms with E-state index in [0.29, 0.717) is 39.7 Å². The Morgan fingerprint density at radius 1 is 1.06 bits per heavy atom. The predicted molar refractivity (Wildman–Crippen MR) is 123 cm³/mol. The van der Waals surface area contributed by atoms with Gasteiger partial charge in [0.05, 0.1) is 11.4 Å². The minimum atomic E-state index is -4.80. The molecule has 0 unspecified atom stereocenters. The van der Waals surface area contributed by atoms with Crippen molar-refractivity contribution in [2.45, 2.75) is 12.8 Å². The van der Waals surface area contributed by atoms with Gasteiger partial charge in [0.15, 0.2) is 0 Å². The Bertz CT molecular complexity index is 1090. The lowest BCUT2D eigenvalue weighted by Gasteiger charge is -2.14. The molecule has 0 amide bonds. The Balaban J connectivity index is 1.92. The lowest BCUT2D eigenvalue weighted by atomic mass is 10.1. The van der Waals surface area contributed by atoms with E-state index in [9.17, 15) is 17.6 Å². The van der Waals surface area contributed by atoms with Gasteiger partial charge in [-0.3, -0.25) is 0 Å². The molecule has 0 fully saturated rings. The van der Waals surface area contributed by atoms with Crippen molar-refractivity contribution in [2.24, 2.45) is 0 Å². The van der Waals surface area contributed by atoms with Crippen molar-refractivity contribution in [3.63, 3.8) is 0 Å². The number of ether oxygens (including phenoxy) is 1. The third-order valence-corrected chi connectivity index (χ3v) is 5.00. The number of benzene rings is 2. The number of hydrogen-bond acceptors (Lipinski definition) is 6. The fourth-order valence-corrected chi connectivity index (χ4v) is 3.37. The van der Waals surface area contributed by atoms with Crippen molar-refractivity contribution in [2.75, 3.05) is 37.8 Å². The maximum Gasteiger partial charge on any atom is 0.573 e. The van der Waals surface area contributed by atoms with E-state index in [1.165, 1.54) is 30.3 Å². The first-order valence-corrected chi connectivity index (χ1v) is 10.7. The standard InChI is InChI=1S/C22H22BrF4N5O/c1-32(2)10-4-9-28-21-30-19(14-5-3-6-16(11-14)33-22(25,26)27)13-20(31-21)29-18-8-7-15(24)12-17(18)23/h3,5-8,11-13H,4,9-10H2,1-2H3,(H2,28,29,30,31). The van der Waals surface area contributed by atoms with Crippen LogP contribution in [0.2, 0.25) is 0 Å². The van der Waals surface area contributed by atoms with Gasteiger partial charge in [-0.05, 0) is 73.3 Å². The van der Waals surface area contributed by atoms with Crippen LogP contribution in [0, 0.1) is 5.82 Å². The summed E-state index contributed by atoms with van der Waals surface area (Å²) in [4.78, 5) is 10.9. The first kappa shape index (κ1) is 24.7. The normalized spacial score (nSPS) is 11.5. The van der Waals surface area contributed by atoms with Crippen LogP contribution in [-0.2, 0) is 0 Å². The summed E-state index contributed by atoms with van der Waals surface area (Å²) in [5.74, 6) is -0.0749. The molecule has 0 bridgehead atoms. The summed E-state index contributed by atoms with van der Waals surface area (Å²) in [6.45, 7) is 1.45. The Labute approximate surface area is 197 Å². The van der Waals surface area contributed by atoms with E-state index in [0.717, 1.165) is 13.0 Å². The highest BCUT2D eigenvalue weighted by Gasteiger charge is 2.31. The number of rotatable bonds is 9. The zero-order chi connectivity index (χ0) is 24.0. The van der Waals surface area contributed by atoms with Gasteiger partial charge in [-0.2, -0.15) is 4.98 Å². The Hall–Kier alpha value is -2.92. The fourth-order valence-electron chi connectivity index (χ4n) is 2.92. The molecule has 2 aromatic carbocycles. The molecule has 0 radical (unpaired) electrons. The van der Waals surface area contributed by atoms with E-state index >= 15 is 0 Å². The summed E-state index contributed by atoms with van der Waals surface area (Å²) >= 11 is 3.30. The second-order valence-electron chi connectivity index (χ2n) is 7.37. The molecule has 0 spiro atoms. The molecule has 0 aliphatic carbocycles. The van der Waals surface area contributed by atoms with Crippen molar-refractivity contribution >= 4 is 33.4 Å². The zero-order valence-electron chi connectivity index (χ0n) is 17.9. The second-order valence-corrected chi connectivity index (χ2v) is 8.22. The van der Waals surface area contributed by atoms with Crippen molar-refractivity contribution < 1.29 is 22.3 Å². The van der Waals surface area contributed by atoms with Crippen LogP contribution in [0.1, 0.15) is 6.42 Å². The first-order chi connectivity index (χ1) is 15.6. The molecule has 0 saturated carbocycles. The van der Waals surface area contributed by atoms with E-state index in [2.05, 4.69) is 41.3 Å². The zero-order valence-corrected chi connectivity index (χ0v) is 19.5. The molecule has 176 valence electrons. The lowest BCUT2D eigenvalue weighted by molar-refractivity contribution is -0.274. The number of anilines is 3. The van der Waals surface area contributed by atoms with Gasteiger partial charge in [0.25, 0.3) is 0 Å². The van der Waals surface area contributed by atoms with Crippen LogP contribution in [-0.4, -0.2) is 48.4 Å². The highest BCUT2D eigenvalue weighted by molar-refractivity contribution is 9.10. The van der Waals surface area contributed by atoms with Crippen molar-refractivity contribution in [1.82, 2.24) is 14.9 Å². The quantitative estimate of drug-likeness (QED) is 0.261. The number of alkyl halides is 3. The third-order valence-electron chi connectivity index (χ3n) is 4.35. The summed E-state index contributed by atoms with van der Waals surface area (Å²) in [6.07, 6.45) is -3.97. The molecule has 11 heteroatoms. The molecule has 0 saturated heterocycles. The molecule has 3 rings (SSSR count). The topological polar surface area (TPSA) is 62.3 Å². The molecule has 0 aliphatic rings. The molecule has 3 aromatic rings. The van der Waals surface area contributed by atoms with Crippen LogP contribution >= 0.6 is 15.9 Å². The number of halogens is 5. The molecule has 33 heavy (non-hydrogen) atoms. The molecule has 1 aromatic heterocycles. The van der Waals surface area contributed by atoms with Gasteiger partial charge in [-0.15, -0.1) is 13.2 Å². The van der Waals surface area contributed by atoms with Gasteiger partial charge in [-0.25, -0.2) is 9.37 Å². The van der Waals surface area contributed by atoms with Gasteiger partial charge in [0.1, 0.15) is 17.4 Å². The molecular weight excluding hydrogens is 506 g/mol. The average Bonchev–Trinajstić information content (AvgIpc) is 2.72. The van der Waals surface area contributed by atoms with Gasteiger partial charge >= 0.3 is 6.36 Å². The highest BCUT2D eigenvalue weighted by Crippen LogP contribution is 2.31. The molecule has 0 aliphatic heterocycles. The summed E-state index contributed by atoms with van der Waals surface area (Å²) in [7, 11) is 3.94. The van der Waals surface area contributed by atoms with Crippen LogP contribution in [0.25, 0.3) is 11.3 Å². The van der Waals surface area contributed by atoms with E-state index in [1.807, 2.05) is 19.0 Å². The minimum Gasteiger partial charge on any atom is -0.406 e. The maximum absolute atomic E-state index is 13.4. The average molecular weight is 528 g/mol. The molecule has 2 N–H and O–H groups in total. The van der Waals surface area contributed by atoms with Crippen LogP contribution in [0.4, 0.5) is 35.0 Å². The Morgan fingerprint density at radius 2 is 1.85 bits per heavy atom. The van der Waals surface area contributed by atoms with Crippen LogP contribution in [0.3, 0.4) is 0 Å². The second kappa shape index (κ2) is 10.8. The molecule has 6 nitrogen and oxygen atoms in total. The third kappa shape index (κ3) is 7.86. The number of aromatic nitrogens is 2. The largest absolute Gasteiger partial charge is 0.573 e. The summed E-state index contributed by atoms with van der Waals surface area (Å²) < 4.78 is 55.9. The number of nitrogens with zero attached hydrogens (tertiary/aromatic N) is 3. The molecule has 1 heterocycles. The van der Waals surface area contributed by atoms with Gasteiger partial charge in [0, 0.05) is 22.6 Å². The predicted octanol–water partition coefficient (Wildman–Crippen LogP) is 6.05. The summed E-state index contributed by atoms with van der Waals surface area (Å²) in [6, 6.07) is 11.3. The lowest BCUT2D eigenvalue weighted by Crippen LogP contribution is -2.17. The van der Waals surface area contributed by atoms with Crippen LogP contribution < -0.4 is 15.4 Å². The molecular formula is C22H22BrF4N5O. The SMILES string of the molecule is CN(C)CCCNc1nc(Nc2ccc(F)cc2Br)cc(-c2cccc(OC(F)(F)F)c2)n1. The van der Waals surface area contributed by atoms with E-state index in [1.54, 1.807) is 18.2 Å². The summed E-state index contributed by atoms with van der Waals surface area (Å²) in [5.41, 5.74) is 1.36. The van der Waals surface area contributed by atoms with E-state index in [4.69, 9.17) is 0 Å². The summed E-state index contributed by atoms with van der Waals surface area (Å²) in [5, 5.41) is 6.23. The number of hydrogen-bond donors (Lipinski definition) is 2. The van der Waals surface area contributed by atoms with E-state index in [-0.39, 0.29) is 5.75 Å². The van der Waals surface area contributed by atoms with Crippen LogP contribution in [0.5, 0.6) is 5.75 Å². The van der Waals surface area contributed by atoms with E-state index < -0.39 is 12.2 Å².